The summed E-state index contributed by atoms with van der Waals surface area (Å²) < 4.78 is 5.42. The molecule has 2 fully saturated rings. The quantitative estimate of drug-likeness (QED) is 0.863. The van der Waals surface area contributed by atoms with Gasteiger partial charge in [0.15, 0.2) is 0 Å². The number of benzene rings is 1. The average Bonchev–Trinajstić information content (AvgIpc) is 2.49. The van der Waals surface area contributed by atoms with Gasteiger partial charge in [-0.1, -0.05) is 12.1 Å². The van der Waals surface area contributed by atoms with Crippen LogP contribution in [0.5, 0.6) is 0 Å². The lowest BCUT2D eigenvalue weighted by atomic mass is 9.91. The minimum Gasteiger partial charge on any atom is -0.378 e. The Morgan fingerprint density at radius 3 is 2.89 bits per heavy atom. The van der Waals surface area contributed by atoms with E-state index in [0.29, 0.717) is 5.92 Å². The maximum Gasteiger partial charge on any atom is 0.0642 e. The zero-order valence-corrected chi connectivity index (χ0v) is 10.9. The molecule has 1 atom stereocenters. The molecule has 3 rings (SSSR count). The summed E-state index contributed by atoms with van der Waals surface area (Å²) in [5.41, 5.74) is 2.85. The van der Waals surface area contributed by atoms with Crippen LogP contribution in [0.25, 0.3) is 0 Å². The van der Waals surface area contributed by atoms with Crippen molar-refractivity contribution in [2.24, 2.45) is 0 Å². The van der Waals surface area contributed by atoms with Crippen LogP contribution in [-0.4, -0.2) is 39.4 Å². The molecule has 0 amide bonds. The highest BCUT2D eigenvalue weighted by Crippen LogP contribution is 2.27. The molecule has 0 spiro atoms. The Kier molecular flexibility index (Phi) is 3.81. The molecular formula is C15H22N2O. The molecule has 98 valence electrons. The minimum atomic E-state index is 0.694. The third-order valence-electron chi connectivity index (χ3n) is 4.01. The van der Waals surface area contributed by atoms with Crippen molar-refractivity contribution < 1.29 is 4.74 Å². The maximum absolute atomic E-state index is 5.42. The van der Waals surface area contributed by atoms with E-state index in [1.165, 1.54) is 30.6 Å². The van der Waals surface area contributed by atoms with Gasteiger partial charge in [0.1, 0.15) is 0 Å². The maximum atomic E-state index is 5.42. The first-order valence-corrected chi connectivity index (χ1v) is 7.07. The van der Waals surface area contributed by atoms with E-state index in [9.17, 15) is 0 Å². The molecule has 18 heavy (non-hydrogen) atoms. The highest BCUT2D eigenvalue weighted by molar-refractivity contribution is 5.49. The Morgan fingerprint density at radius 1 is 1.22 bits per heavy atom. The van der Waals surface area contributed by atoms with Crippen LogP contribution in [-0.2, 0) is 4.74 Å². The first-order valence-electron chi connectivity index (χ1n) is 7.07. The third kappa shape index (κ3) is 2.68. The van der Waals surface area contributed by atoms with Crippen LogP contribution >= 0.6 is 0 Å². The Bertz CT molecular complexity index is 349. The van der Waals surface area contributed by atoms with Crippen molar-refractivity contribution >= 4 is 5.69 Å². The molecule has 0 radical (unpaired) electrons. The number of rotatable bonds is 2. The molecule has 1 aromatic rings. The standard InChI is InChI=1S/C15H22N2O/c1-3-13(14-4-2-6-16-12-14)11-15(5-1)17-7-9-18-10-8-17/h1,3,5,11,14,16H,2,4,6-10,12H2. The second kappa shape index (κ2) is 5.72. The van der Waals surface area contributed by atoms with E-state index in [-0.39, 0.29) is 0 Å². The average molecular weight is 246 g/mol. The molecular weight excluding hydrogens is 224 g/mol. The second-order valence-corrected chi connectivity index (χ2v) is 5.24. The molecule has 1 N–H and O–H groups in total. The van der Waals surface area contributed by atoms with Crippen LogP contribution in [0.3, 0.4) is 0 Å². The van der Waals surface area contributed by atoms with Gasteiger partial charge >= 0.3 is 0 Å². The Hall–Kier alpha value is -1.06. The first-order chi connectivity index (χ1) is 8.93. The number of nitrogens with zero attached hydrogens (tertiary/aromatic N) is 1. The summed E-state index contributed by atoms with van der Waals surface area (Å²) in [6, 6.07) is 9.09. The van der Waals surface area contributed by atoms with E-state index in [1.54, 1.807) is 0 Å². The largest absolute Gasteiger partial charge is 0.378 e. The van der Waals surface area contributed by atoms with Gasteiger partial charge in [0.2, 0.25) is 0 Å². The van der Waals surface area contributed by atoms with Crippen LogP contribution in [0.1, 0.15) is 24.3 Å². The molecule has 2 heterocycles. The van der Waals surface area contributed by atoms with Crippen LogP contribution < -0.4 is 10.2 Å². The first kappa shape index (κ1) is 12.0. The molecule has 0 bridgehead atoms. The van der Waals surface area contributed by atoms with Gasteiger partial charge in [-0.2, -0.15) is 0 Å². The lowest BCUT2D eigenvalue weighted by molar-refractivity contribution is 0.122. The van der Waals surface area contributed by atoms with Crippen LogP contribution in [0, 0.1) is 0 Å². The normalized spacial score (nSPS) is 25.1. The summed E-state index contributed by atoms with van der Waals surface area (Å²) >= 11 is 0. The highest BCUT2D eigenvalue weighted by atomic mass is 16.5. The zero-order chi connectivity index (χ0) is 12.2. The number of morpholine rings is 1. The third-order valence-corrected chi connectivity index (χ3v) is 4.01. The van der Waals surface area contributed by atoms with Crippen molar-refractivity contribution in [3.05, 3.63) is 29.8 Å². The van der Waals surface area contributed by atoms with Crippen molar-refractivity contribution in [1.29, 1.82) is 0 Å². The van der Waals surface area contributed by atoms with Crippen molar-refractivity contribution in [3.8, 4) is 0 Å². The summed E-state index contributed by atoms with van der Waals surface area (Å²) in [7, 11) is 0. The lowest BCUT2D eigenvalue weighted by Crippen LogP contribution is -2.36. The number of hydrogen-bond acceptors (Lipinski definition) is 3. The number of ether oxygens (including phenoxy) is 1. The Morgan fingerprint density at radius 2 is 2.11 bits per heavy atom. The molecule has 2 aliphatic rings. The number of piperidine rings is 1. The van der Waals surface area contributed by atoms with Crippen LogP contribution in [0.2, 0.25) is 0 Å². The van der Waals surface area contributed by atoms with Crippen molar-refractivity contribution in [1.82, 2.24) is 5.32 Å². The van der Waals surface area contributed by atoms with Gasteiger partial charge in [-0.15, -0.1) is 0 Å². The summed E-state index contributed by atoms with van der Waals surface area (Å²) in [6.07, 6.45) is 2.62. The van der Waals surface area contributed by atoms with E-state index in [1.807, 2.05) is 0 Å². The SMILES string of the molecule is c1cc(C2CCCNC2)cc(N2CCOCC2)c1. The van der Waals surface area contributed by atoms with E-state index in [0.717, 1.165) is 32.8 Å². The van der Waals surface area contributed by atoms with Gasteiger partial charge in [0.25, 0.3) is 0 Å². The summed E-state index contributed by atoms with van der Waals surface area (Å²) in [5, 5.41) is 3.50. The van der Waals surface area contributed by atoms with Gasteiger partial charge in [-0.25, -0.2) is 0 Å². The van der Waals surface area contributed by atoms with Gasteiger partial charge < -0.3 is 15.0 Å². The lowest BCUT2D eigenvalue weighted by Gasteiger charge is -2.30. The van der Waals surface area contributed by atoms with Gasteiger partial charge in [-0.05, 0) is 43.0 Å². The number of anilines is 1. The van der Waals surface area contributed by atoms with Crippen LogP contribution in [0.4, 0.5) is 5.69 Å². The molecule has 3 heteroatoms. The molecule has 0 aromatic heterocycles. The smallest absolute Gasteiger partial charge is 0.0642 e. The predicted octanol–water partition coefficient (Wildman–Crippen LogP) is 1.99. The second-order valence-electron chi connectivity index (χ2n) is 5.24. The Labute approximate surface area is 109 Å². The fourth-order valence-corrected chi connectivity index (χ4v) is 2.93. The summed E-state index contributed by atoms with van der Waals surface area (Å²) in [5.74, 6) is 0.694. The van der Waals surface area contributed by atoms with E-state index in [4.69, 9.17) is 4.74 Å². The molecule has 0 saturated carbocycles. The van der Waals surface area contributed by atoms with Crippen molar-refractivity contribution in [3.63, 3.8) is 0 Å². The number of nitrogens with one attached hydrogen (secondary N) is 1. The van der Waals surface area contributed by atoms with E-state index >= 15 is 0 Å². The monoisotopic (exact) mass is 246 g/mol. The zero-order valence-electron chi connectivity index (χ0n) is 10.9. The number of hydrogen-bond donors (Lipinski definition) is 1. The fraction of sp³-hybridized carbons (Fsp3) is 0.600. The Balaban J connectivity index is 1.75. The minimum absolute atomic E-state index is 0.694. The molecule has 1 aromatic carbocycles. The molecule has 1 unspecified atom stereocenters. The van der Waals surface area contributed by atoms with Crippen molar-refractivity contribution in [2.75, 3.05) is 44.3 Å². The van der Waals surface area contributed by atoms with Gasteiger partial charge in [0.05, 0.1) is 13.2 Å². The van der Waals surface area contributed by atoms with E-state index < -0.39 is 0 Å². The predicted molar refractivity (Wildman–Crippen MR) is 74.3 cm³/mol. The molecule has 3 nitrogen and oxygen atoms in total. The summed E-state index contributed by atoms with van der Waals surface area (Å²) in [6.45, 7) is 6.06. The van der Waals surface area contributed by atoms with Gasteiger partial charge in [0, 0.05) is 25.3 Å². The topological polar surface area (TPSA) is 24.5 Å². The molecule has 0 aliphatic carbocycles. The van der Waals surface area contributed by atoms with Crippen LogP contribution in [0.15, 0.2) is 24.3 Å². The molecule has 2 aliphatic heterocycles. The van der Waals surface area contributed by atoms with Crippen molar-refractivity contribution in [2.45, 2.75) is 18.8 Å². The fourth-order valence-electron chi connectivity index (χ4n) is 2.93. The van der Waals surface area contributed by atoms with Gasteiger partial charge in [-0.3, -0.25) is 0 Å². The summed E-state index contributed by atoms with van der Waals surface area (Å²) in [4.78, 5) is 2.43. The molecule has 2 saturated heterocycles. The van der Waals surface area contributed by atoms with E-state index in [2.05, 4.69) is 34.5 Å². The highest BCUT2D eigenvalue weighted by Gasteiger charge is 2.17.